The first-order valence-corrected chi connectivity index (χ1v) is 18.6. The summed E-state index contributed by atoms with van der Waals surface area (Å²) in [4.78, 5) is 78.4. The topological polar surface area (TPSA) is 177 Å². The highest BCUT2D eigenvalue weighted by Gasteiger charge is 2.62. The number of ether oxygens (including phenoxy) is 2. The van der Waals surface area contributed by atoms with Crippen LogP contribution in [0.5, 0.6) is 5.88 Å². The second-order valence-corrected chi connectivity index (χ2v) is 14.8. The minimum absolute atomic E-state index is 0.0195. The molecule has 0 spiro atoms. The molecule has 0 radical (unpaired) electrons. The Morgan fingerprint density at radius 2 is 1.73 bits per heavy atom. The second kappa shape index (κ2) is 14.8. The van der Waals surface area contributed by atoms with Gasteiger partial charge in [0.25, 0.3) is 5.78 Å². The smallest absolute Gasteiger partial charge is 0.408 e. The molecule has 14 heteroatoms. The summed E-state index contributed by atoms with van der Waals surface area (Å²) in [6.07, 6.45) is 9.04. The van der Waals surface area contributed by atoms with Crippen LogP contribution in [0, 0.1) is 5.92 Å². The van der Waals surface area contributed by atoms with Crippen molar-refractivity contribution in [1.82, 2.24) is 25.5 Å². The third kappa shape index (κ3) is 7.46. The molecule has 3 amide bonds. The van der Waals surface area contributed by atoms with E-state index in [0.717, 1.165) is 43.4 Å². The molecule has 2 saturated carbocycles. The van der Waals surface area contributed by atoms with Crippen LogP contribution in [0.25, 0.3) is 21.6 Å². The Morgan fingerprint density at radius 3 is 2.47 bits per heavy atom. The van der Waals surface area contributed by atoms with E-state index >= 15 is 0 Å². The molecule has 7 rings (SSSR count). The number of hydrogen-bond acceptors (Lipinski definition) is 10. The Bertz CT molecular complexity index is 1840. The lowest BCUT2D eigenvalue weighted by Gasteiger charge is -2.29. The summed E-state index contributed by atoms with van der Waals surface area (Å²) in [5, 5.41) is 17.1. The summed E-state index contributed by atoms with van der Waals surface area (Å²) in [6.45, 7) is -0.0195. The Hall–Kier alpha value is -4.85. The van der Waals surface area contributed by atoms with Gasteiger partial charge in [0.15, 0.2) is 0 Å². The number of Topliss-reactive ketones (excluding diaryl/α,β-unsaturated/α-hetero) is 1. The zero-order chi connectivity index (χ0) is 35.5. The number of alkyl carbamates (subject to hydrolysis) is 1. The van der Waals surface area contributed by atoms with Crippen molar-refractivity contribution >= 4 is 52.0 Å². The van der Waals surface area contributed by atoms with Gasteiger partial charge in [-0.1, -0.05) is 43.2 Å². The lowest BCUT2D eigenvalue weighted by atomic mass is 10.0. The van der Waals surface area contributed by atoms with E-state index in [1.165, 1.54) is 16.2 Å². The van der Waals surface area contributed by atoms with Crippen LogP contribution in [0.4, 0.5) is 4.79 Å². The monoisotopic (exact) mass is 715 g/mol. The zero-order valence-corrected chi connectivity index (χ0v) is 28.9. The van der Waals surface area contributed by atoms with Gasteiger partial charge in [0, 0.05) is 12.3 Å². The number of amides is 3. The number of benzene rings is 1. The van der Waals surface area contributed by atoms with E-state index in [-0.39, 0.29) is 31.4 Å². The van der Waals surface area contributed by atoms with Gasteiger partial charge in [-0.3, -0.25) is 14.4 Å². The Kier molecular flexibility index (Phi) is 10.0. The highest BCUT2D eigenvalue weighted by Crippen LogP contribution is 2.46. The number of aliphatic carboxylic acids is 1. The molecule has 3 aromatic rings. The summed E-state index contributed by atoms with van der Waals surface area (Å²) in [5.74, 6) is -4.10. The number of carboxylic acid groups (broad SMARTS) is 1. The van der Waals surface area contributed by atoms with Gasteiger partial charge in [0.1, 0.15) is 35.5 Å². The van der Waals surface area contributed by atoms with Crippen LogP contribution in [0.3, 0.4) is 0 Å². The maximum Gasteiger partial charge on any atom is 0.408 e. The third-order valence-electron chi connectivity index (χ3n) is 10.3. The number of rotatable bonds is 7. The average molecular weight is 716 g/mol. The maximum absolute atomic E-state index is 14.4. The van der Waals surface area contributed by atoms with Gasteiger partial charge in [0.05, 0.1) is 22.5 Å². The molecule has 268 valence electrons. The maximum atomic E-state index is 14.4. The van der Waals surface area contributed by atoms with Crippen LogP contribution in [0.15, 0.2) is 53.9 Å². The molecule has 3 N–H and O–H groups in total. The molecular formula is C37H41N5O8S. The number of carboxylic acids is 1. The van der Waals surface area contributed by atoms with E-state index in [1.807, 2.05) is 47.9 Å². The molecule has 13 nitrogen and oxygen atoms in total. The van der Waals surface area contributed by atoms with E-state index in [2.05, 4.69) is 10.6 Å². The molecule has 51 heavy (non-hydrogen) atoms. The summed E-state index contributed by atoms with van der Waals surface area (Å²) < 4.78 is 12.1. The normalized spacial score (nSPS) is 27.1. The number of nitrogens with zero attached hydrogens (tertiary/aromatic N) is 3. The van der Waals surface area contributed by atoms with E-state index in [9.17, 15) is 29.1 Å². The first-order chi connectivity index (χ1) is 24.7. The highest BCUT2D eigenvalue weighted by atomic mass is 32.1. The Labute approximate surface area is 298 Å². The van der Waals surface area contributed by atoms with Crippen LogP contribution in [-0.2, 0) is 23.9 Å². The number of hydrogen-bond donors (Lipinski definition) is 3. The molecule has 4 heterocycles. The number of nitrogens with one attached hydrogen (secondary N) is 2. The van der Waals surface area contributed by atoms with Crippen LogP contribution in [0.1, 0.15) is 70.6 Å². The first-order valence-electron chi connectivity index (χ1n) is 17.7. The number of carbonyl (C=O) groups is 5. The average Bonchev–Trinajstić information content (AvgIpc) is 3.62. The molecule has 1 aromatic carbocycles. The molecule has 5 atom stereocenters. The standard InChI is InChI=1S/C37H41N5O8S/c43-31(35(46)47)37-20-22(37)11-4-2-1-3-5-16-27(40-36(48)50-23-12-6-7-13-23)34(45)42-21-24(19-28(42)32(44)41-37)49-33-30(29-17-10-18-51-29)38-25-14-8-9-15-26(25)39-33/h4,8-11,14-15,17-18,22-24,27-28H,1-3,5-7,12-13,16,19-21H2,(H,40,48)(H,41,44)(H,46,47)/t22?,24-,27-,28+,37+/m1/s1. The fourth-order valence-electron chi connectivity index (χ4n) is 7.49. The quantitative estimate of drug-likeness (QED) is 0.228. The van der Waals surface area contributed by atoms with Crippen LogP contribution in [0.2, 0.25) is 0 Å². The SMILES string of the molecule is O=C(N[C@@H]1CCCCCC=CC2C[C@]2(C(=O)C(=O)O)NC(=O)[C@@H]2C[C@@H](Oc3nc4ccccc4nc3-c3cccs3)CN2C1=O)OC1CCCC1. The number of ketones is 1. The predicted molar refractivity (Wildman–Crippen MR) is 187 cm³/mol. The van der Waals surface area contributed by atoms with Gasteiger partial charge in [-0.2, -0.15) is 0 Å². The summed E-state index contributed by atoms with van der Waals surface area (Å²) in [5.41, 5.74) is 0.214. The molecule has 0 bridgehead atoms. The number of para-hydroxylation sites is 2. The third-order valence-corrected chi connectivity index (χ3v) is 11.2. The minimum atomic E-state index is -1.63. The summed E-state index contributed by atoms with van der Waals surface area (Å²) >= 11 is 1.47. The molecule has 4 aliphatic rings. The number of fused-ring (bicyclic) bond motifs is 3. The fraction of sp³-hybridized carbons (Fsp3) is 0.486. The summed E-state index contributed by atoms with van der Waals surface area (Å²) in [7, 11) is 0. The zero-order valence-electron chi connectivity index (χ0n) is 28.1. The van der Waals surface area contributed by atoms with Crippen molar-refractivity contribution in [3.8, 4) is 16.5 Å². The highest BCUT2D eigenvalue weighted by molar-refractivity contribution is 7.13. The van der Waals surface area contributed by atoms with Crippen LogP contribution >= 0.6 is 11.3 Å². The lowest BCUT2D eigenvalue weighted by Crippen LogP contribution is -2.57. The van der Waals surface area contributed by atoms with Crippen molar-refractivity contribution in [2.45, 2.75) is 100 Å². The van der Waals surface area contributed by atoms with Gasteiger partial charge in [-0.15, -0.1) is 11.3 Å². The Balaban J connectivity index is 1.20. The van der Waals surface area contributed by atoms with Crippen LogP contribution in [-0.4, -0.2) is 86.0 Å². The molecule has 3 fully saturated rings. The number of allylic oxidation sites excluding steroid dienone is 1. The van der Waals surface area contributed by atoms with Crippen molar-refractivity contribution < 1.29 is 38.6 Å². The number of thiophene rings is 1. The Morgan fingerprint density at radius 1 is 0.961 bits per heavy atom. The lowest BCUT2D eigenvalue weighted by molar-refractivity contribution is -0.151. The largest absolute Gasteiger partial charge is 0.475 e. The molecule has 2 aliphatic carbocycles. The van der Waals surface area contributed by atoms with Gasteiger partial charge < -0.3 is 30.1 Å². The van der Waals surface area contributed by atoms with E-state index in [1.54, 1.807) is 6.08 Å². The number of aromatic nitrogens is 2. The van der Waals surface area contributed by atoms with E-state index in [4.69, 9.17) is 19.4 Å². The van der Waals surface area contributed by atoms with Crippen molar-refractivity contribution in [3.05, 3.63) is 53.9 Å². The minimum Gasteiger partial charge on any atom is -0.475 e. The number of carbonyl (C=O) groups excluding carboxylic acids is 4. The molecular weight excluding hydrogens is 675 g/mol. The van der Waals surface area contributed by atoms with Gasteiger partial charge in [-0.25, -0.2) is 19.6 Å². The van der Waals surface area contributed by atoms with E-state index < -0.39 is 59.3 Å². The van der Waals surface area contributed by atoms with Crippen LogP contribution < -0.4 is 15.4 Å². The summed E-state index contributed by atoms with van der Waals surface area (Å²) in [6, 6.07) is 9.12. The molecule has 2 aliphatic heterocycles. The second-order valence-electron chi connectivity index (χ2n) is 13.8. The van der Waals surface area contributed by atoms with Crippen molar-refractivity contribution in [3.63, 3.8) is 0 Å². The predicted octanol–water partition coefficient (Wildman–Crippen LogP) is 4.79. The van der Waals surface area contributed by atoms with Gasteiger partial charge >= 0.3 is 12.1 Å². The van der Waals surface area contributed by atoms with Crippen molar-refractivity contribution in [1.29, 1.82) is 0 Å². The van der Waals surface area contributed by atoms with Crippen molar-refractivity contribution in [2.75, 3.05) is 6.54 Å². The van der Waals surface area contributed by atoms with Gasteiger partial charge in [-0.05, 0) is 74.9 Å². The van der Waals surface area contributed by atoms with E-state index in [0.29, 0.717) is 36.0 Å². The first kappa shape index (κ1) is 34.6. The van der Waals surface area contributed by atoms with Gasteiger partial charge in [0.2, 0.25) is 17.7 Å². The molecule has 1 saturated heterocycles. The van der Waals surface area contributed by atoms with Crippen molar-refractivity contribution in [2.24, 2.45) is 5.92 Å². The fourth-order valence-corrected chi connectivity index (χ4v) is 8.19. The molecule has 2 aromatic heterocycles. The molecule has 1 unspecified atom stereocenters.